The molecule has 0 aromatic carbocycles. The molecule has 7 heteroatoms. The van der Waals surface area contributed by atoms with Crippen molar-refractivity contribution in [3.8, 4) is 0 Å². The summed E-state index contributed by atoms with van der Waals surface area (Å²) in [6.07, 6.45) is 7.22. The van der Waals surface area contributed by atoms with Crippen molar-refractivity contribution in [2.24, 2.45) is 0 Å². The van der Waals surface area contributed by atoms with Crippen molar-refractivity contribution in [2.75, 3.05) is 0 Å². The van der Waals surface area contributed by atoms with E-state index < -0.39 is 0 Å². The Bertz CT molecular complexity index is 859. The van der Waals surface area contributed by atoms with E-state index in [4.69, 9.17) is 0 Å². The highest BCUT2D eigenvalue weighted by Gasteiger charge is 2.19. The predicted octanol–water partition coefficient (Wildman–Crippen LogP) is 2.47. The number of aromatic nitrogens is 2. The van der Waals surface area contributed by atoms with Crippen molar-refractivity contribution in [2.45, 2.75) is 71.0 Å². The van der Waals surface area contributed by atoms with Crippen molar-refractivity contribution < 1.29 is 4.79 Å². The highest BCUT2D eigenvalue weighted by molar-refractivity contribution is 7.17. The summed E-state index contributed by atoms with van der Waals surface area (Å²) in [6, 6.07) is 1.98. The third-order valence-electron chi connectivity index (χ3n) is 4.84. The van der Waals surface area contributed by atoms with Crippen molar-refractivity contribution in [1.82, 2.24) is 14.5 Å². The van der Waals surface area contributed by atoms with Gasteiger partial charge in [0.1, 0.15) is 11.2 Å². The van der Waals surface area contributed by atoms with Crippen LogP contribution >= 0.6 is 11.3 Å². The third-order valence-corrected chi connectivity index (χ3v) is 5.74. The number of unbranched alkanes of at least 4 members (excludes halogenated alkanes) is 1. The summed E-state index contributed by atoms with van der Waals surface area (Å²) in [5, 5.41) is 4.80. The van der Waals surface area contributed by atoms with E-state index in [0.717, 1.165) is 43.1 Å². The van der Waals surface area contributed by atoms with Gasteiger partial charge < -0.3 is 5.32 Å². The van der Waals surface area contributed by atoms with Gasteiger partial charge in [-0.05, 0) is 30.7 Å². The van der Waals surface area contributed by atoms with Crippen molar-refractivity contribution in [3.63, 3.8) is 0 Å². The number of fused-ring (bicyclic) bond motifs is 1. The van der Waals surface area contributed by atoms with Crippen LogP contribution in [0.15, 0.2) is 21.0 Å². The molecule has 2 heterocycles. The number of nitrogens with one attached hydrogen (secondary N) is 1. The average Bonchev–Trinajstić information content (AvgIpc) is 3.09. The van der Waals surface area contributed by atoms with E-state index >= 15 is 0 Å². The number of rotatable bonds is 6. The zero-order valence-electron chi connectivity index (χ0n) is 14.6. The zero-order chi connectivity index (χ0) is 17.8. The lowest BCUT2D eigenvalue weighted by Gasteiger charge is -2.23. The second-order valence-corrected chi connectivity index (χ2v) is 7.63. The number of aryl methyl sites for hydroxylation is 1. The number of hydrogen-bond acceptors (Lipinski definition) is 4. The molecule has 6 nitrogen and oxygen atoms in total. The smallest absolute Gasteiger partial charge is 0.332 e. The van der Waals surface area contributed by atoms with E-state index in [9.17, 15) is 14.4 Å². The van der Waals surface area contributed by atoms with Gasteiger partial charge in [0.2, 0.25) is 5.91 Å². The van der Waals surface area contributed by atoms with Gasteiger partial charge in [-0.2, -0.15) is 0 Å². The summed E-state index contributed by atoms with van der Waals surface area (Å²) in [4.78, 5) is 37.8. The number of amides is 1. The second-order valence-electron chi connectivity index (χ2n) is 6.72. The fourth-order valence-electron chi connectivity index (χ4n) is 3.47. The minimum atomic E-state index is -0.386. The van der Waals surface area contributed by atoms with Gasteiger partial charge in [-0.25, -0.2) is 9.36 Å². The van der Waals surface area contributed by atoms with Gasteiger partial charge >= 0.3 is 5.69 Å². The standard InChI is InChI=1S/C18H25N3O3S/c1-2-3-10-20-14-9-11-25-16(14)17(23)21(18(20)24)12-15(22)19-13-7-5-4-6-8-13/h9,11,13H,2-8,10,12H2,1H3,(H,19,22). The number of nitrogens with zero attached hydrogens (tertiary/aromatic N) is 2. The Kier molecular flexibility index (Phi) is 5.73. The first kappa shape index (κ1) is 17.9. The van der Waals surface area contributed by atoms with Crippen LogP contribution < -0.4 is 16.6 Å². The highest BCUT2D eigenvalue weighted by Crippen LogP contribution is 2.17. The lowest BCUT2D eigenvalue weighted by molar-refractivity contribution is -0.122. The molecule has 0 unspecified atom stereocenters. The summed E-state index contributed by atoms with van der Waals surface area (Å²) in [6.45, 7) is 2.42. The Morgan fingerprint density at radius 1 is 1.24 bits per heavy atom. The van der Waals surface area contributed by atoms with Gasteiger partial charge in [0.15, 0.2) is 0 Å². The zero-order valence-corrected chi connectivity index (χ0v) is 15.4. The molecule has 0 atom stereocenters. The fourth-order valence-corrected chi connectivity index (χ4v) is 4.31. The lowest BCUT2D eigenvalue weighted by atomic mass is 9.95. The Labute approximate surface area is 150 Å². The van der Waals surface area contributed by atoms with Crippen molar-refractivity contribution in [1.29, 1.82) is 0 Å². The van der Waals surface area contributed by atoms with Crippen molar-refractivity contribution in [3.05, 3.63) is 32.3 Å². The van der Waals surface area contributed by atoms with Crippen molar-refractivity contribution >= 4 is 27.5 Å². The SMILES string of the molecule is CCCCn1c(=O)n(CC(=O)NC2CCCCC2)c(=O)c2sccc21. The Morgan fingerprint density at radius 3 is 2.72 bits per heavy atom. The van der Waals surface area contributed by atoms with E-state index in [0.29, 0.717) is 16.8 Å². The lowest BCUT2D eigenvalue weighted by Crippen LogP contribution is -2.45. The summed E-state index contributed by atoms with van der Waals surface area (Å²) in [5.74, 6) is -0.246. The molecular formula is C18H25N3O3S. The summed E-state index contributed by atoms with van der Waals surface area (Å²) >= 11 is 1.32. The maximum atomic E-state index is 12.8. The molecule has 25 heavy (non-hydrogen) atoms. The monoisotopic (exact) mass is 363 g/mol. The first-order valence-electron chi connectivity index (χ1n) is 9.12. The summed E-state index contributed by atoms with van der Waals surface area (Å²) in [7, 11) is 0. The van der Waals surface area contributed by atoms with Crippen LogP contribution in [0.1, 0.15) is 51.9 Å². The van der Waals surface area contributed by atoms with Crippen LogP contribution in [0.5, 0.6) is 0 Å². The highest BCUT2D eigenvalue weighted by atomic mass is 32.1. The van der Waals surface area contributed by atoms with Crippen LogP contribution in [0.3, 0.4) is 0 Å². The molecule has 0 spiro atoms. The molecule has 2 aromatic rings. The Morgan fingerprint density at radius 2 is 2.00 bits per heavy atom. The average molecular weight is 363 g/mol. The topological polar surface area (TPSA) is 73.1 Å². The van der Waals surface area contributed by atoms with Crippen LogP contribution in [-0.4, -0.2) is 21.1 Å². The van der Waals surface area contributed by atoms with Gasteiger partial charge in [0.05, 0.1) is 5.52 Å². The molecule has 1 aliphatic carbocycles. The summed E-state index contributed by atoms with van der Waals surface area (Å²) < 4.78 is 3.26. The van der Waals surface area contributed by atoms with E-state index in [1.807, 2.05) is 11.4 Å². The van der Waals surface area contributed by atoms with Gasteiger partial charge in [-0.15, -0.1) is 11.3 Å². The maximum absolute atomic E-state index is 12.8. The number of carbonyl (C=O) groups is 1. The second kappa shape index (κ2) is 7.99. The molecule has 0 saturated heterocycles. The predicted molar refractivity (Wildman–Crippen MR) is 100 cm³/mol. The van der Waals surface area contributed by atoms with E-state index in [-0.39, 0.29) is 29.7 Å². The molecule has 0 radical (unpaired) electrons. The summed E-state index contributed by atoms with van der Waals surface area (Å²) in [5.41, 5.74) is -0.0675. The van der Waals surface area contributed by atoms with E-state index in [1.54, 1.807) is 4.57 Å². The van der Waals surface area contributed by atoms with Crippen LogP contribution in [0, 0.1) is 0 Å². The molecular weight excluding hydrogens is 338 g/mol. The fraction of sp³-hybridized carbons (Fsp3) is 0.611. The molecule has 2 aromatic heterocycles. The van der Waals surface area contributed by atoms with Crippen LogP contribution in [0.25, 0.3) is 10.2 Å². The first-order chi connectivity index (χ1) is 12.1. The molecule has 0 bridgehead atoms. The van der Waals surface area contributed by atoms with Crippen LogP contribution in [0.4, 0.5) is 0 Å². The molecule has 3 rings (SSSR count). The normalized spacial score (nSPS) is 15.6. The molecule has 1 fully saturated rings. The van der Waals surface area contributed by atoms with Gasteiger partial charge in [-0.1, -0.05) is 32.6 Å². The quantitative estimate of drug-likeness (QED) is 0.857. The van der Waals surface area contributed by atoms with Crippen LogP contribution in [-0.2, 0) is 17.9 Å². The minimum Gasteiger partial charge on any atom is -0.352 e. The van der Waals surface area contributed by atoms with Gasteiger partial charge in [0, 0.05) is 12.6 Å². The molecule has 1 saturated carbocycles. The van der Waals surface area contributed by atoms with Gasteiger partial charge in [0.25, 0.3) is 5.56 Å². The number of carbonyl (C=O) groups excluding carboxylic acids is 1. The molecule has 1 amide bonds. The largest absolute Gasteiger partial charge is 0.352 e. The first-order valence-corrected chi connectivity index (χ1v) is 10.00. The Hall–Kier alpha value is -1.89. The molecule has 0 aliphatic heterocycles. The maximum Gasteiger partial charge on any atom is 0.332 e. The molecule has 1 N–H and O–H groups in total. The third kappa shape index (κ3) is 3.86. The molecule has 1 aliphatic rings. The number of thiophene rings is 1. The Balaban J connectivity index is 1.88. The van der Waals surface area contributed by atoms with E-state index in [2.05, 4.69) is 12.2 Å². The minimum absolute atomic E-state index is 0.171. The van der Waals surface area contributed by atoms with E-state index in [1.165, 1.54) is 17.8 Å². The van der Waals surface area contributed by atoms with Gasteiger partial charge in [-0.3, -0.25) is 14.2 Å². The van der Waals surface area contributed by atoms with Crippen LogP contribution in [0.2, 0.25) is 0 Å². The number of hydrogen-bond donors (Lipinski definition) is 1. The molecule has 136 valence electrons.